The average Bonchev–Trinajstić information content (AvgIpc) is 2.80. The molecule has 0 radical (unpaired) electrons. The third kappa shape index (κ3) is 10.0. The Morgan fingerprint density at radius 1 is 1.06 bits per heavy atom. The van der Waals surface area contributed by atoms with E-state index < -0.39 is 42.2 Å². The number of rotatable bonds is 14. The van der Waals surface area contributed by atoms with Crippen LogP contribution in [0, 0.1) is 6.92 Å². The number of aryl methyl sites for hydroxylation is 1. The zero-order chi connectivity index (χ0) is 27.3. The van der Waals surface area contributed by atoms with Crippen molar-refractivity contribution in [2.75, 3.05) is 19.7 Å². The van der Waals surface area contributed by atoms with E-state index in [1.165, 1.54) is 4.90 Å². The van der Waals surface area contributed by atoms with Crippen LogP contribution in [0.25, 0.3) is 0 Å². The third-order valence-corrected chi connectivity index (χ3v) is 5.66. The Bertz CT molecular complexity index is 852. The van der Waals surface area contributed by atoms with Gasteiger partial charge in [-0.05, 0) is 46.1 Å². The van der Waals surface area contributed by atoms with E-state index in [1.807, 2.05) is 6.92 Å². The van der Waals surface area contributed by atoms with E-state index in [0.717, 1.165) is 32.1 Å². The van der Waals surface area contributed by atoms with Crippen molar-refractivity contribution in [3.63, 3.8) is 0 Å². The summed E-state index contributed by atoms with van der Waals surface area (Å²) < 4.78 is 5.25. The molecule has 2 atom stereocenters. The van der Waals surface area contributed by atoms with E-state index >= 15 is 0 Å². The number of unbranched alkanes of at least 4 members (excludes halogenated alkanes) is 4. The quantitative estimate of drug-likeness (QED) is 0.282. The molecule has 0 bridgehead atoms. The van der Waals surface area contributed by atoms with Crippen molar-refractivity contribution in [2.24, 2.45) is 0 Å². The van der Waals surface area contributed by atoms with Gasteiger partial charge < -0.3 is 30.5 Å². The first kappa shape index (κ1) is 31.2. The van der Waals surface area contributed by atoms with Crippen molar-refractivity contribution in [3.05, 3.63) is 29.3 Å². The zero-order valence-electron chi connectivity index (χ0n) is 22.7. The molecule has 0 aliphatic carbocycles. The van der Waals surface area contributed by atoms with Crippen LogP contribution in [-0.4, -0.2) is 64.4 Å². The Balaban J connectivity index is 3.42. The third-order valence-electron chi connectivity index (χ3n) is 5.66. The molecule has 9 nitrogen and oxygen atoms in total. The van der Waals surface area contributed by atoms with Crippen LogP contribution in [0.2, 0.25) is 0 Å². The molecule has 0 saturated heterocycles. The lowest BCUT2D eigenvalue weighted by molar-refractivity contribution is -0.143. The van der Waals surface area contributed by atoms with Crippen LogP contribution in [0.15, 0.2) is 18.2 Å². The molecule has 0 saturated carbocycles. The van der Waals surface area contributed by atoms with Gasteiger partial charge in [-0.2, -0.15) is 0 Å². The summed E-state index contributed by atoms with van der Waals surface area (Å²) >= 11 is 0. The second-order valence-corrected chi connectivity index (χ2v) is 10.0. The molecule has 0 aromatic heterocycles. The van der Waals surface area contributed by atoms with Crippen molar-refractivity contribution in [1.82, 2.24) is 15.5 Å². The highest BCUT2D eigenvalue weighted by Crippen LogP contribution is 2.32. The molecule has 0 aliphatic heterocycles. The molecular weight excluding hydrogens is 462 g/mol. The molecule has 4 N–H and O–H groups in total. The van der Waals surface area contributed by atoms with Gasteiger partial charge in [0.2, 0.25) is 11.8 Å². The number of nitrogens with one attached hydrogen (secondary N) is 2. The van der Waals surface area contributed by atoms with E-state index in [0.29, 0.717) is 24.1 Å². The van der Waals surface area contributed by atoms with Gasteiger partial charge in [-0.1, -0.05) is 57.7 Å². The summed E-state index contributed by atoms with van der Waals surface area (Å²) in [5.74, 6) is -1.13. The summed E-state index contributed by atoms with van der Waals surface area (Å²) in [4.78, 5) is 40.9. The number of hydrogen-bond donors (Lipinski definition) is 4. The monoisotopic (exact) mass is 507 g/mol. The van der Waals surface area contributed by atoms with Crippen LogP contribution < -0.4 is 10.6 Å². The summed E-state index contributed by atoms with van der Waals surface area (Å²) in [5, 5.41) is 26.1. The number of phenols is 1. The zero-order valence-corrected chi connectivity index (χ0v) is 22.7. The smallest absolute Gasteiger partial charge is 0.408 e. The second kappa shape index (κ2) is 15.3. The number of aromatic hydroxyl groups is 1. The van der Waals surface area contributed by atoms with Gasteiger partial charge >= 0.3 is 6.09 Å². The molecule has 0 aliphatic rings. The van der Waals surface area contributed by atoms with Gasteiger partial charge in [-0.25, -0.2) is 4.79 Å². The highest BCUT2D eigenvalue weighted by atomic mass is 16.6. The molecular formula is C27H45N3O6. The predicted octanol–water partition coefficient (Wildman–Crippen LogP) is 3.95. The fourth-order valence-electron chi connectivity index (χ4n) is 3.75. The number of carbonyl (C=O) groups is 3. The molecule has 36 heavy (non-hydrogen) atoms. The summed E-state index contributed by atoms with van der Waals surface area (Å²) in [7, 11) is 0. The van der Waals surface area contributed by atoms with Crippen LogP contribution in [-0.2, 0) is 14.3 Å². The molecule has 3 amide bonds. The van der Waals surface area contributed by atoms with Crippen LogP contribution in [0.1, 0.15) is 90.3 Å². The minimum absolute atomic E-state index is 0.0693. The standard InChI is InChI=1S/C27H45N3O6/c1-7-9-11-12-17-30(25(34)21(18-31)29-26(35)36-27(4,5)6)22(24(33)28-16-10-8-2)20-15-13-14-19(3)23(20)32/h13-15,21-22,31-32H,7-12,16-18H2,1-6H3,(H,28,33)(H,29,35). The van der Waals surface area contributed by atoms with Gasteiger partial charge in [0.15, 0.2) is 0 Å². The Morgan fingerprint density at radius 3 is 2.31 bits per heavy atom. The van der Waals surface area contributed by atoms with E-state index in [9.17, 15) is 24.6 Å². The largest absolute Gasteiger partial charge is 0.507 e. The van der Waals surface area contributed by atoms with Gasteiger partial charge in [-0.3, -0.25) is 9.59 Å². The number of aliphatic hydroxyl groups excluding tert-OH is 1. The van der Waals surface area contributed by atoms with Gasteiger partial charge in [0.05, 0.1) is 6.61 Å². The van der Waals surface area contributed by atoms with Crippen molar-refractivity contribution in [3.8, 4) is 5.75 Å². The number of carbonyl (C=O) groups excluding carboxylic acids is 3. The summed E-state index contributed by atoms with van der Waals surface area (Å²) in [5.41, 5.74) is 0.0757. The van der Waals surface area contributed by atoms with Crippen molar-refractivity contribution >= 4 is 17.9 Å². The number of alkyl carbamates (subject to hydrolysis) is 1. The topological polar surface area (TPSA) is 128 Å². The summed E-state index contributed by atoms with van der Waals surface area (Å²) in [6, 6.07) is 2.61. The normalized spacial score (nSPS) is 13.0. The van der Waals surface area contributed by atoms with Crippen LogP contribution >= 0.6 is 0 Å². The van der Waals surface area contributed by atoms with Crippen LogP contribution in [0.5, 0.6) is 5.75 Å². The summed E-state index contributed by atoms with van der Waals surface area (Å²) in [6.07, 6.45) is 4.22. The molecule has 1 rings (SSSR count). The number of amides is 3. The van der Waals surface area contributed by atoms with Crippen molar-refractivity contribution < 1.29 is 29.3 Å². The average molecular weight is 508 g/mol. The highest BCUT2D eigenvalue weighted by Gasteiger charge is 2.37. The molecule has 0 spiro atoms. The first-order chi connectivity index (χ1) is 17.0. The van der Waals surface area contributed by atoms with E-state index in [-0.39, 0.29) is 12.3 Å². The lowest BCUT2D eigenvalue weighted by Gasteiger charge is -2.34. The predicted molar refractivity (Wildman–Crippen MR) is 140 cm³/mol. The van der Waals surface area contributed by atoms with Crippen LogP contribution in [0.3, 0.4) is 0 Å². The highest BCUT2D eigenvalue weighted by molar-refractivity contribution is 5.92. The van der Waals surface area contributed by atoms with Crippen LogP contribution in [0.4, 0.5) is 4.79 Å². The number of phenolic OH excluding ortho intramolecular Hbond substituents is 1. The molecule has 1 aromatic carbocycles. The SMILES string of the molecule is CCCCCCN(C(=O)C(CO)NC(=O)OC(C)(C)C)C(C(=O)NCCCC)c1cccc(C)c1O. The number of nitrogens with zero attached hydrogens (tertiary/aromatic N) is 1. The minimum atomic E-state index is -1.32. The number of benzene rings is 1. The number of aliphatic hydroxyl groups is 1. The Hall–Kier alpha value is -2.81. The lowest BCUT2D eigenvalue weighted by Crippen LogP contribution is -2.54. The lowest BCUT2D eigenvalue weighted by atomic mass is 9.98. The molecule has 1 aromatic rings. The van der Waals surface area contributed by atoms with Gasteiger partial charge in [0, 0.05) is 18.7 Å². The Kier molecular flexibility index (Phi) is 13.3. The number of hydrogen-bond acceptors (Lipinski definition) is 6. The molecule has 0 fully saturated rings. The van der Waals surface area contributed by atoms with E-state index in [1.54, 1.807) is 45.9 Å². The number of ether oxygens (including phenoxy) is 1. The second-order valence-electron chi connectivity index (χ2n) is 10.0. The Morgan fingerprint density at radius 2 is 1.72 bits per heavy atom. The van der Waals surface area contributed by atoms with E-state index in [4.69, 9.17) is 4.74 Å². The summed E-state index contributed by atoms with van der Waals surface area (Å²) in [6.45, 7) is 10.9. The fraction of sp³-hybridized carbons (Fsp3) is 0.667. The first-order valence-electron chi connectivity index (χ1n) is 12.9. The van der Waals surface area contributed by atoms with Gasteiger partial charge in [-0.15, -0.1) is 0 Å². The first-order valence-corrected chi connectivity index (χ1v) is 12.9. The molecule has 2 unspecified atom stereocenters. The fourth-order valence-corrected chi connectivity index (χ4v) is 3.75. The van der Waals surface area contributed by atoms with Crippen molar-refractivity contribution in [1.29, 1.82) is 0 Å². The van der Waals surface area contributed by atoms with Crippen molar-refractivity contribution in [2.45, 2.75) is 97.8 Å². The van der Waals surface area contributed by atoms with E-state index in [2.05, 4.69) is 17.6 Å². The Labute approximate surface area is 215 Å². The van der Waals surface area contributed by atoms with Gasteiger partial charge in [0.25, 0.3) is 0 Å². The number of para-hydroxylation sites is 1. The maximum absolute atomic E-state index is 13.7. The van der Waals surface area contributed by atoms with Gasteiger partial charge in [0.1, 0.15) is 23.4 Å². The minimum Gasteiger partial charge on any atom is -0.507 e. The maximum Gasteiger partial charge on any atom is 0.408 e. The molecule has 9 heteroatoms. The molecule has 0 heterocycles. The maximum atomic E-state index is 13.7. The molecule has 204 valence electrons.